The quantitative estimate of drug-likeness (QED) is 0.897. The van der Waals surface area contributed by atoms with Crippen LogP contribution in [0.15, 0.2) is 30.6 Å². The fourth-order valence-corrected chi connectivity index (χ4v) is 1.30. The zero-order valence-electron chi connectivity index (χ0n) is 9.51. The Hall–Kier alpha value is -2.68. The maximum Gasteiger partial charge on any atom is 0.224 e. The zero-order valence-corrected chi connectivity index (χ0v) is 9.51. The lowest BCUT2D eigenvalue weighted by Gasteiger charge is -2.06. The highest BCUT2D eigenvalue weighted by Crippen LogP contribution is 2.22. The zero-order chi connectivity index (χ0) is 13.0. The molecule has 0 spiro atoms. The average Bonchev–Trinajstić information content (AvgIpc) is 2.39. The predicted octanol–water partition coefficient (Wildman–Crippen LogP) is 2.32. The van der Waals surface area contributed by atoms with E-state index in [0.717, 1.165) is 6.07 Å². The summed E-state index contributed by atoms with van der Waals surface area (Å²) in [4.78, 5) is 7.82. The number of benzene rings is 1. The van der Waals surface area contributed by atoms with Gasteiger partial charge >= 0.3 is 0 Å². The summed E-state index contributed by atoms with van der Waals surface area (Å²) in [7, 11) is 1.72. The molecule has 0 fully saturated rings. The molecule has 0 saturated carbocycles. The van der Waals surface area contributed by atoms with Crippen LogP contribution in [-0.2, 0) is 0 Å². The number of nitrogens with one attached hydrogen (secondary N) is 1. The number of halogens is 1. The molecule has 0 bridgehead atoms. The van der Waals surface area contributed by atoms with Gasteiger partial charge in [0.15, 0.2) is 0 Å². The first-order valence-corrected chi connectivity index (χ1v) is 5.10. The molecule has 5 nitrogen and oxygen atoms in total. The Labute approximate surface area is 103 Å². The Morgan fingerprint density at radius 1 is 1.33 bits per heavy atom. The maximum atomic E-state index is 13.4. The summed E-state index contributed by atoms with van der Waals surface area (Å²) < 4.78 is 18.7. The molecule has 0 aliphatic rings. The van der Waals surface area contributed by atoms with Gasteiger partial charge < -0.3 is 10.1 Å². The molecule has 2 aromatic rings. The van der Waals surface area contributed by atoms with E-state index in [9.17, 15) is 4.39 Å². The van der Waals surface area contributed by atoms with Crippen molar-refractivity contribution < 1.29 is 9.13 Å². The summed E-state index contributed by atoms with van der Waals surface area (Å²) in [5.41, 5.74) is -0.0269. The summed E-state index contributed by atoms with van der Waals surface area (Å²) in [5, 5.41) is 11.4. The Bertz CT molecular complexity index is 609. The van der Waals surface area contributed by atoms with Crippen LogP contribution >= 0.6 is 0 Å². The van der Waals surface area contributed by atoms with Crippen molar-refractivity contribution in [2.75, 3.05) is 12.4 Å². The lowest BCUT2D eigenvalue weighted by atomic mass is 10.2. The van der Waals surface area contributed by atoms with Crippen molar-refractivity contribution >= 4 is 5.82 Å². The first-order valence-electron chi connectivity index (χ1n) is 5.10. The van der Waals surface area contributed by atoms with E-state index in [0.29, 0.717) is 11.7 Å². The molecule has 1 aromatic carbocycles. The molecule has 1 aromatic heterocycles. The Kier molecular flexibility index (Phi) is 3.34. The van der Waals surface area contributed by atoms with Gasteiger partial charge in [0, 0.05) is 19.2 Å². The van der Waals surface area contributed by atoms with Crippen LogP contribution in [0.5, 0.6) is 11.6 Å². The highest BCUT2D eigenvalue weighted by atomic mass is 19.1. The van der Waals surface area contributed by atoms with Gasteiger partial charge in [-0.2, -0.15) is 5.26 Å². The molecule has 1 heterocycles. The SMILES string of the molecule is CNc1cc(Oc2ccc(C#N)c(F)c2)ncn1. The largest absolute Gasteiger partial charge is 0.439 e. The summed E-state index contributed by atoms with van der Waals surface area (Å²) in [5.74, 6) is 0.526. The third-order valence-corrected chi connectivity index (χ3v) is 2.18. The molecule has 2 rings (SSSR count). The maximum absolute atomic E-state index is 13.4. The van der Waals surface area contributed by atoms with Crippen LogP contribution in [0.25, 0.3) is 0 Å². The Morgan fingerprint density at radius 3 is 2.83 bits per heavy atom. The second-order valence-electron chi connectivity index (χ2n) is 3.35. The van der Waals surface area contributed by atoms with Crippen molar-refractivity contribution in [1.29, 1.82) is 5.26 Å². The van der Waals surface area contributed by atoms with E-state index in [1.165, 1.54) is 18.5 Å². The van der Waals surface area contributed by atoms with Crippen molar-refractivity contribution in [1.82, 2.24) is 9.97 Å². The number of hydrogen-bond acceptors (Lipinski definition) is 5. The van der Waals surface area contributed by atoms with E-state index in [1.807, 2.05) is 0 Å². The number of anilines is 1. The van der Waals surface area contributed by atoms with Crippen molar-refractivity contribution in [2.24, 2.45) is 0 Å². The lowest BCUT2D eigenvalue weighted by Crippen LogP contribution is -1.95. The minimum atomic E-state index is -0.627. The normalized spacial score (nSPS) is 9.61. The molecule has 6 heteroatoms. The van der Waals surface area contributed by atoms with E-state index >= 15 is 0 Å². The molecule has 0 aliphatic carbocycles. The fraction of sp³-hybridized carbons (Fsp3) is 0.0833. The topological polar surface area (TPSA) is 70.8 Å². The van der Waals surface area contributed by atoms with Gasteiger partial charge in [-0.25, -0.2) is 14.4 Å². The predicted molar refractivity (Wildman–Crippen MR) is 62.8 cm³/mol. The molecule has 0 amide bonds. The Morgan fingerprint density at radius 2 is 2.17 bits per heavy atom. The van der Waals surface area contributed by atoms with Gasteiger partial charge in [0.25, 0.3) is 0 Å². The van der Waals surface area contributed by atoms with Crippen molar-refractivity contribution in [3.8, 4) is 17.7 Å². The van der Waals surface area contributed by atoms with Crippen LogP contribution in [0, 0.1) is 17.1 Å². The number of aromatic nitrogens is 2. The summed E-state index contributed by atoms with van der Waals surface area (Å²) in [6.07, 6.45) is 1.33. The standard InChI is InChI=1S/C12H9FN4O/c1-15-11-5-12(17-7-16-11)18-9-3-2-8(6-14)10(13)4-9/h2-5,7H,1H3,(H,15,16,17). The Balaban J connectivity index is 2.23. The molecule has 0 atom stereocenters. The molecule has 0 aliphatic heterocycles. The summed E-state index contributed by atoms with van der Waals surface area (Å²) >= 11 is 0. The van der Waals surface area contributed by atoms with E-state index < -0.39 is 5.82 Å². The number of nitrogens with zero attached hydrogens (tertiary/aromatic N) is 3. The van der Waals surface area contributed by atoms with Crippen LogP contribution in [0.3, 0.4) is 0 Å². The molecule has 90 valence electrons. The highest BCUT2D eigenvalue weighted by molar-refractivity contribution is 5.40. The van der Waals surface area contributed by atoms with Gasteiger partial charge in [0.1, 0.15) is 29.8 Å². The average molecular weight is 244 g/mol. The summed E-state index contributed by atoms with van der Waals surface area (Å²) in [6.45, 7) is 0. The van der Waals surface area contributed by atoms with Gasteiger partial charge in [0.05, 0.1) is 5.56 Å². The van der Waals surface area contributed by atoms with E-state index in [-0.39, 0.29) is 11.3 Å². The van der Waals surface area contributed by atoms with Gasteiger partial charge in [-0.3, -0.25) is 0 Å². The number of ether oxygens (including phenoxy) is 1. The van der Waals surface area contributed by atoms with Gasteiger partial charge in [-0.15, -0.1) is 0 Å². The molecule has 0 unspecified atom stereocenters. The minimum absolute atomic E-state index is 0.0269. The molecule has 18 heavy (non-hydrogen) atoms. The van der Waals surface area contributed by atoms with Crippen molar-refractivity contribution in [3.05, 3.63) is 42.0 Å². The van der Waals surface area contributed by atoms with E-state index in [2.05, 4.69) is 15.3 Å². The molecule has 1 N–H and O–H groups in total. The first-order chi connectivity index (χ1) is 8.72. The van der Waals surface area contributed by atoms with Gasteiger partial charge in [-0.05, 0) is 12.1 Å². The van der Waals surface area contributed by atoms with Crippen LogP contribution < -0.4 is 10.1 Å². The smallest absolute Gasteiger partial charge is 0.224 e. The molecular weight excluding hydrogens is 235 g/mol. The lowest BCUT2D eigenvalue weighted by molar-refractivity contribution is 0.457. The van der Waals surface area contributed by atoms with Crippen molar-refractivity contribution in [2.45, 2.75) is 0 Å². The number of nitriles is 1. The monoisotopic (exact) mass is 244 g/mol. The van der Waals surface area contributed by atoms with Crippen LogP contribution in [0.4, 0.5) is 10.2 Å². The fourth-order valence-electron chi connectivity index (χ4n) is 1.30. The van der Waals surface area contributed by atoms with Gasteiger partial charge in [0.2, 0.25) is 5.88 Å². The highest BCUT2D eigenvalue weighted by Gasteiger charge is 2.05. The van der Waals surface area contributed by atoms with Crippen LogP contribution in [0.2, 0.25) is 0 Å². The van der Waals surface area contributed by atoms with Crippen LogP contribution in [-0.4, -0.2) is 17.0 Å². The number of hydrogen-bond donors (Lipinski definition) is 1. The second kappa shape index (κ2) is 5.10. The van der Waals surface area contributed by atoms with Crippen LogP contribution in [0.1, 0.15) is 5.56 Å². The summed E-state index contributed by atoms with van der Waals surface area (Å²) in [6, 6.07) is 7.31. The first kappa shape index (κ1) is 11.8. The minimum Gasteiger partial charge on any atom is -0.439 e. The van der Waals surface area contributed by atoms with Gasteiger partial charge in [-0.1, -0.05) is 0 Å². The molecular formula is C12H9FN4O. The molecule has 0 radical (unpaired) electrons. The van der Waals surface area contributed by atoms with E-state index in [1.54, 1.807) is 19.2 Å². The van der Waals surface area contributed by atoms with Crippen molar-refractivity contribution in [3.63, 3.8) is 0 Å². The molecule has 0 saturated heterocycles. The third-order valence-electron chi connectivity index (χ3n) is 2.18. The van der Waals surface area contributed by atoms with E-state index in [4.69, 9.17) is 10.00 Å². The third kappa shape index (κ3) is 2.52. The number of rotatable bonds is 3. The second-order valence-corrected chi connectivity index (χ2v) is 3.35.